The average molecular weight is 419 g/mol. The van der Waals surface area contributed by atoms with E-state index in [4.69, 9.17) is 0 Å². The molecule has 0 aliphatic carbocycles. The second kappa shape index (κ2) is 7.33. The second-order valence-electron chi connectivity index (χ2n) is 5.53. The van der Waals surface area contributed by atoms with E-state index in [1.54, 1.807) is 6.07 Å². The van der Waals surface area contributed by atoms with Gasteiger partial charge in [-0.1, -0.05) is 31.5 Å². The second-order valence-corrected chi connectivity index (χ2v) is 7.44. The number of carbonyl (C=O) groups is 1. The summed E-state index contributed by atoms with van der Waals surface area (Å²) >= 11 is 4.78. The van der Waals surface area contributed by atoms with Crippen molar-refractivity contribution in [2.45, 2.75) is 19.8 Å². The van der Waals surface area contributed by atoms with Crippen LogP contribution in [0.4, 0.5) is 11.4 Å². The first-order valence-electron chi connectivity index (χ1n) is 7.77. The van der Waals surface area contributed by atoms with Crippen LogP contribution in [0.15, 0.2) is 46.9 Å². The summed E-state index contributed by atoms with van der Waals surface area (Å²) < 4.78 is 1.67. The van der Waals surface area contributed by atoms with Crippen LogP contribution in [0, 0.1) is 10.1 Å². The fraction of sp³-hybridized carbons (Fsp3) is 0.167. The Labute approximate surface area is 157 Å². The number of anilines is 1. The summed E-state index contributed by atoms with van der Waals surface area (Å²) in [6, 6.07) is 12.2. The van der Waals surface area contributed by atoms with Gasteiger partial charge in [0.25, 0.3) is 11.6 Å². The molecule has 3 rings (SSSR count). The van der Waals surface area contributed by atoms with Gasteiger partial charge < -0.3 is 5.32 Å². The SMILES string of the molecule is CCCc1c(C(=O)Nc2cc([N+](=O)[O-])ccc2Br)sc2ccccc12. The molecule has 0 bridgehead atoms. The number of hydrogen-bond donors (Lipinski definition) is 1. The lowest BCUT2D eigenvalue weighted by Gasteiger charge is -2.08. The molecule has 7 heteroatoms. The van der Waals surface area contributed by atoms with E-state index in [0.29, 0.717) is 15.0 Å². The van der Waals surface area contributed by atoms with Crippen molar-refractivity contribution >= 4 is 54.6 Å². The number of halogens is 1. The normalized spacial score (nSPS) is 10.8. The van der Waals surface area contributed by atoms with Gasteiger partial charge in [0.1, 0.15) is 0 Å². The Morgan fingerprint density at radius 1 is 1.28 bits per heavy atom. The molecular formula is C18H15BrN2O3S. The first-order valence-corrected chi connectivity index (χ1v) is 9.38. The zero-order valence-corrected chi connectivity index (χ0v) is 15.8. The van der Waals surface area contributed by atoms with Crippen LogP contribution in [0.2, 0.25) is 0 Å². The highest BCUT2D eigenvalue weighted by Crippen LogP contribution is 2.34. The predicted octanol–water partition coefficient (Wildman–Crippen LogP) is 5.78. The molecule has 0 radical (unpaired) electrons. The van der Waals surface area contributed by atoms with Crippen LogP contribution in [0.1, 0.15) is 28.6 Å². The number of rotatable bonds is 5. The zero-order chi connectivity index (χ0) is 18.0. The van der Waals surface area contributed by atoms with E-state index in [2.05, 4.69) is 28.2 Å². The number of nitro groups is 1. The molecule has 0 unspecified atom stereocenters. The number of benzene rings is 2. The highest BCUT2D eigenvalue weighted by atomic mass is 79.9. The number of nitrogens with zero attached hydrogens (tertiary/aromatic N) is 1. The number of amides is 1. The summed E-state index contributed by atoms with van der Waals surface area (Å²) in [5, 5.41) is 14.9. The topological polar surface area (TPSA) is 72.2 Å². The summed E-state index contributed by atoms with van der Waals surface area (Å²) in [4.78, 5) is 23.9. The van der Waals surface area contributed by atoms with Crippen LogP contribution in [-0.4, -0.2) is 10.8 Å². The molecule has 0 saturated heterocycles. The highest BCUT2D eigenvalue weighted by molar-refractivity contribution is 9.10. The van der Waals surface area contributed by atoms with Gasteiger partial charge >= 0.3 is 0 Å². The number of non-ortho nitro benzene ring substituents is 1. The lowest BCUT2D eigenvalue weighted by atomic mass is 10.1. The third-order valence-corrected chi connectivity index (χ3v) is 5.72. The summed E-state index contributed by atoms with van der Waals surface area (Å²) in [6.07, 6.45) is 1.74. The summed E-state index contributed by atoms with van der Waals surface area (Å²) in [6.45, 7) is 2.07. The predicted molar refractivity (Wildman–Crippen MR) is 105 cm³/mol. The Kier molecular flexibility index (Phi) is 5.15. The summed E-state index contributed by atoms with van der Waals surface area (Å²) in [5.74, 6) is -0.245. The molecule has 1 aromatic heterocycles. The molecule has 0 spiro atoms. The number of fused-ring (bicyclic) bond motifs is 1. The van der Waals surface area contributed by atoms with Gasteiger partial charge in [-0.3, -0.25) is 14.9 Å². The third kappa shape index (κ3) is 3.57. The van der Waals surface area contributed by atoms with Crippen LogP contribution < -0.4 is 5.32 Å². The molecular weight excluding hydrogens is 404 g/mol. The van der Waals surface area contributed by atoms with Gasteiger partial charge in [0.15, 0.2) is 0 Å². The van der Waals surface area contributed by atoms with Crippen molar-refractivity contribution < 1.29 is 9.72 Å². The Morgan fingerprint density at radius 3 is 2.76 bits per heavy atom. The molecule has 0 fully saturated rings. The van der Waals surface area contributed by atoms with Crippen molar-refractivity contribution in [2.75, 3.05) is 5.32 Å². The van der Waals surface area contributed by atoms with E-state index in [9.17, 15) is 14.9 Å². The van der Waals surface area contributed by atoms with E-state index in [1.165, 1.54) is 23.5 Å². The van der Waals surface area contributed by atoms with Gasteiger partial charge in [-0.05, 0) is 45.4 Å². The minimum Gasteiger partial charge on any atom is -0.320 e. The van der Waals surface area contributed by atoms with Crippen LogP contribution in [0.5, 0.6) is 0 Å². The van der Waals surface area contributed by atoms with Crippen LogP contribution in [0.25, 0.3) is 10.1 Å². The lowest BCUT2D eigenvalue weighted by Crippen LogP contribution is -2.12. The quantitative estimate of drug-likeness (QED) is 0.421. The number of aryl methyl sites for hydroxylation is 1. The van der Waals surface area contributed by atoms with Crippen LogP contribution >= 0.6 is 27.3 Å². The molecule has 0 atom stereocenters. The van der Waals surface area contributed by atoms with Crippen molar-refractivity contribution in [3.63, 3.8) is 0 Å². The number of nitro benzene ring substituents is 1. The fourth-order valence-corrected chi connectivity index (χ4v) is 4.17. The molecule has 1 N–H and O–H groups in total. The van der Waals surface area contributed by atoms with Gasteiger partial charge in [-0.25, -0.2) is 0 Å². The molecule has 5 nitrogen and oxygen atoms in total. The number of carbonyl (C=O) groups excluding carboxylic acids is 1. The maximum atomic E-state index is 12.8. The lowest BCUT2D eigenvalue weighted by molar-refractivity contribution is -0.384. The van der Waals surface area contributed by atoms with E-state index in [0.717, 1.165) is 28.5 Å². The van der Waals surface area contributed by atoms with Crippen LogP contribution in [0.3, 0.4) is 0 Å². The molecule has 25 heavy (non-hydrogen) atoms. The molecule has 1 heterocycles. The zero-order valence-electron chi connectivity index (χ0n) is 13.4. The van der Waals surface area contributed by atoms with Crippen LogP contribution in [-0.2, 0) is 6.42 Å². The van der Waals surface area contributed by atoms with Crippen molar-refractivity contribution in [1.82, 2.24) is 0 Å². The van der Waals surface area contributed by atoms with Crippen molar-refractivity contribution in [3.8, 4) is 0 Å². The number of thiophene rings is 1. The number of nitrogens with one attached hydrogen (secondary N) is 1. The van der Waals surface area contributed by atoms with Crippen molar-refractivity contribution in [2.24, 2.45) is 0 Å². The Morgan fingerprint density at radius 2 is 2.04 bits per heavy atom. The smallest absolute Gasteiger partial charge is 0.271 e. The Hall–Kier alpha value is -2.25. The minimum absolute atomic E-state index is 0.0661. The van der Waals surface area contributed by atoms with Gasteiger partial charge in [-0.15, -0.1) is 11.3 Å². The minimum atomic E-state index is -0.482. The highest BCUT2D eigenvalue weighted by Gasteiger charge is 2.19. The average Bonchev–Trinajstić information content (AvgIpc) is 2.96. The van der Waals surface area contributed by atoms with Crippen molar-refractivity contribution in [1.29, 1.82) is 0 Å². The van der Waals surface area contributed by atoms with Gasteiger partial charge in [0.05, 0.1) is 15.5 Å². The number of hydrogen-bond acceptors (Lipinski definition) is 4. The summed E-state index contributed by atoms with van der Waals surface area (Å²) in [7, 11) is 0. The maximum Gasteiger partial charge on any atom is 0.271 e. The Bertz CT molecular complexity index is 968. The van der Waals surface area contributed by atoms with E-state index in [-0.39, 0.29) is 11.6 Å². The van der Waals surface area contributed by atoms with E-state index < -0.39 is 4.92 Å². The molecule has 0 aliphatic heterocycles. The van der Waals surface area contributed by atoms with E-state index in [1.807, 2.05) is 24.3 Å². The molecule has 2 aromatic carbocycles. The standard InChI is InChI=1S/C18H15BrN2O3S/c1-2-5-13-12-6-3-4-7-16(12)25-17(13)18(22)20-15-10-11(21(23)24)8-9-14(15)19/h3-4,6-10H,2,5H2,1H3,(H,20,22). The molecule has 3 aromatic rings. The summed E-state index contributed by atoms with van der Waals surface area (Å²) in [5.41, 5.74) is 1.35. The van der Waals surface area contributed by atoms with Gasteiger partial charge in [-0.2, -0.15) is 0 Å². The van der Waals surface area contributed by atoms with E-state index >= 15 is 0 Å². The van der Waals surface area contributed by atoms with Gasteiger partial charge in [0.2, 0.25) is 0 Å². The molecule has 0 saturated carbocycles. The largest absolute Gasteiger partial charge is 0.320 e. The third-order valence-electron chi connectivity index (χ3n) is 3.81. The monoisotopic (exact) mass is 418 g/mol. The maximum absolute atomic E-state index is 12.8. The van der Waals surface area contributed by atoms with Gasteiger partial charge in [0, 0.05) is 21.3 Å². The van der Waals surface area contributed by atoms with Crippen molar-refractivity contribution in [3.05, 3.63) is 67.5 Å². The molecule has 128 valence electrons. The first kappa shape index (κ1) is 17.6. The molecule has 1 amide bonds. The Balaban J connectivity index is 1.99. The first-order chi connectivity index (χ1) is 12.0. The fourth-order valence-electron chi connectivity index (χ4n) is 2.68. The molecule has 0 aliphatic rings.